The van der Waals surface area contributed by atoms with Crippen LogP contribution in [0.4, 0.5) is 0 Å². The van der Waals surface area contributed by atoms with E-state index < -0.39 is 9.25 Å². The maximum absolute atomic E-state index is 4.91. The summed E-state index contributed by atoms with van der Waals surface area (Å²) in [7, 11) is -0.964. The van der Waals surface area contributed by atoms with Gasteiger partial charge in [-0.2, -0.15) is 4.89 Å². The molecule has 0 unspecified atom stereocenters. The van der Waals surface area contributed by atoms with Crippen LogP contribution in [-0.2, 0) is 4.84 Å². The number of thiol groups is 1. The summed E-state index contributed by atoms with van der Waals surface area (Å²) in [6, 6.07) is 0. The molecule has 0 saturated carbocycles. The molecule has 4 heteroatoms. The van der Waals surface area contributed by atoms with Crippen LogP contribution in [0.25, 0.3) is 0 Å². The Morgan fingerprint density at radius 3 is 2.25 bits per heavy atom. The topological polar surface area (TPSA) is 21.3 Å². The van der Waals surface area contributed by atoms with Crippen LogP contribution in [0.3, 0.4) is 0 Å². The maximum atomic E-state index is 4.91. The molecule has 0 heterocycles. The molecular weight excluding hydrogens is 142 g/mol. The van der Waals surface area contributed by atoms with Crippen LogP contribution in [0.5, 0.6) is 0 Å². The first-order valence-corrected chi connectivity index (χ1v) is 5.90. The van der Waals surface area contributed by atoms with Crippen LogP contribution >= 0.6 is 20.9 Å². The third kappa shape index (κ3) is 6.62. The SMILES string of the molecule is CCONS(C)(C)S. The van der Waals surface area contributed by atoms with E-state index in [1.54, 1.807) is 0 Å². The number of rotatable bonds is 3. The van der Waals surface area contributed by atoms with E-state index in [9.17, 15) is 0 Å². The van der Waals surface area contributed by atoms with Crippen LogP contribution in [0.2, 0.25) is 0 Å². The van der Waals surface area contributed by atoms with Crippen molar-refractivity contribution in [3.05, 3.63) is 0 Å². The quantitative estimate of drug-likeness (QED) is 0.365. The highest BCUT2D eigenvalue weighted by Gasteiger charge is 2.00. The van der Waals surface area contributed by atoms with Crippen molar-refractivity contribution in [1.82, 2.24) is 4.89 Å². The second-order valence-corrected chi connectivity index (χ2v) is 7.24. The molecule has 2 nitrogen and oxygen atoms in total. The summed E-state index contributed by atoms with van der Waals surface area (Å²) in [5.41, 5.74) is 0. The molecule has 0 aromatic carbocycles. The van der Waals surface area contributed by atoms with Gasteiger partial charge < -0.3 is 0 Å². The molecule has 0 saturated heterocycles. The molecule has 1 N–H and O–H groups in total. The lowest BCUT2D eigenvalue weighted by Gasteiger charge is -2.23. The van der Waals surface area contributed by atoms with Crippen LogP contribution in [0.15, 0.2) is 0 Å². The van der Waals surface area contributed by atoms with E-state index in [1.165, 1.54) is 0 Å². The van der Waals surface area contributed by atoms with E-state index in [-0.39, 0.29) is 0 Å². The summed E-state index contributed by atoms with van der Waals surface area (Å²) in [5.74, 6) is 0. The highest BCUT2D eigenvalue weighted by molar-refractivity contribution is 8.86. The van der Waals surface area contributed by atoms with Gasteiger partial charge in [0.25, 0.3) is 0 Å². The van der Waals surface area contributed by atoms with Crippen molar-refractivity contribution in [3.8, 4) is 0 Å². The van der Waals surface area contributed by atoms with Gasteiger partial charge in [-0.3, -0.25) is 4.84 Å². The van der Waals surface area contributed by atoms with Crippen LogP contribution in [-0.4, -0.2) is 19.1 Å². The van der Waals surface area contributed by atoms with E-state index in [4.69, 9.17) is 4.84 Å². The van der Waals surface area contributed by atoms with Crippen LogP contribution < -0.4 is 4.89 Å². The molecule has 0 rings (SSSR count). The Hall–Kier alpha value is 0.620. The molecule has 0 spiro atoms. The number of nitrogens with one attached hydrogen (secondary N) is 1. The van der Waals surface area contributed by atoms with Gasteiger partial charge in [-0.25, -0.2) is 0 Å². The van der Waals surface area contributed by atoms with E-state index >= 15 is 0 Å². The van der Waals surface area contributed by atoms with Gasteiger partial charge in [0, 0.05) is 0 Å². The third-order valence-electron chi connectivity index (χ3n) is 0.407. The Morgan fingerprint density at radius 1 is 1.62 bits per heavy atom. The lowest BCUT2D eigenvalue weighted by atomic mass is 10.9. The van der Waals surface area contributed by atoms with Gasteiger partial charge >= 0.3 is 0 Å². The summed E-state index contributed by atoms with van der Waals surface area (Å²) in [4.78, 5) is 7.73. The summed E-state index contributed by atoms with van der Waals surface area (Å²) in [6.45, 7) is 2.63. The van der Waals surface area contributed by atoms with Gasteiger partial charge in [-0.05, 0) is 19.4 Å². The first-order chi connectivity index (χ1) is 3.56. The lowest BCUT2D eigenvalue weighted by Crippen LogP contribution is -2.14. The summed E-state index contributed by atoms with van der Waals surface area (Å²) in [5, 5.41) is 0. The average Bonchev–Trinajstić information content (AvgIpc) is 1.59. The second-order valence-electron chi connectivity index (χ2n) is 1.79. The fraction of sp³-hybridized carbons (Fsp3) is 1.00. The predicted octanol–water partition coefficient (Wildman–Crippen LogP) is 1.35. The Labute approximate surface area is 57.2 Å². The Balaban J connectivity index is 3.11. The molecule has 0 bridgehead atoms. The van der Waals surface area contributed by atoms with Gasteiger partial charge in [0.1, 0.15) is 0 Å². The molecule has 0 aromatic heterocycles. The standard InChI is InChI=1S/C4H13NOS2/c1-4-6-5-8(2,3)7/h5,7H,4H2,1-3H3. The van der Waals surface area contributed by atoms with Crippen molar-refractivity contribution < 1.29 is 4.84 Å². The minimum absolute atomic E-state index is 0.691. The molecular formula is C4H13NOS2. The van der Waals surface area contributed by atoms with Gasteiger partial charge in [-0.1, -0.05) is 0 Å². The highest BCUT2D eigenvalue weighted by atomic mass is 33.1. The maximum Gasteiger partial charge on any atom is 0.0664 e. The number of hydrogen-bond donors (Lipinski definition) is 2. The molecule has 0 atom stereocenters. The van der Waals surface area contributed by atoms with Crippen molar-refractivity contribution in [2.45, 2.75) is 6.92 Å². The zero-order chi connectivity index (χ0) is 6.62. The van der Waals surface area contributed by atoms with Crippen molar-refractivity contribution in [2.24, 2.45) is 0 Å². The van der Waals surface area contributed by atoms with Crippen LogP contribution in [0, 0.1) is 0 Å². The third-order valence-corrected chi connectivity index (χ3v) is 1.16. The van der Waals surface area contributed by atoms with Gasteiger partial charge in [0.2, 0.25) is 0 Å². The monoisotopic (exact) mass is 155 g/mol. The lowest BCUT2D eigenvalue weighted by molar-refractivity contribution is 0.112. The Kier molecular flexibility index (Phi) is 3.89. The minimum atomic E-state index is -0.964. The first kappa shape index (κ1) is 8.62. The largest absolute Gasteiger partial charge is 0.292 e. The molecule has 52 valence electrons. The molecule has 0 fully saturated rings. The zero-order valence-electron chi connectivity index (χ0n) is 5.47. The minimum Gasteiger partial charge on any atom is -0.292 e. The van der Waals surface area contributed by atoms with Crippen LogP contribution in [0.1, 0.15) is 6.92 Å². The van der Waals surface area contributed by atoms with Crippen molar-refractivity contribution in [1.29, 1.82) is 0 Å². The van der Waals surface area contributed by atoms with Gasteiger partial charge in [-0.15, -0.1) is 20.9 Å². The second kappa shape index (κ2) is 3.61. The molecule has 0 aromatic rings. The van der Waals surface area contributed by atoms with E-state index in [0.717, 1.165) is 0 Å². The normalized spacial score (nSPS) is 14.0. The van der Waals surface area contributed by atoms with Crippen molar-refractivity contribution in [2.75, 3.05) is 19.1 Å². The smallest absolute Gasteiger partial charge is 0.0664 e. The summed E-state index contributed by atoms with van der Waals surface area (Å²) < 4.78 is 0. The van der Waals surface area contributed by atoms with E-state index in [0.29, 0.717) is 6.61 Å². The molecule has 0 radical (unpaired) electrons. The summed E-state index contributed by atoms with van der Waals surface area (Å²) in [6.07, 6.45) is 4.01. The molecule has 0 aliphatic rings. The Bertz CT molecular complexity index is 61.5. The fourth-order valence-electron chi connectivity index (χ4n) is 0.203. The molecule has 8 heavy (non-hydrogen) atoms. The average molecular weight is 155 g/mol. The summed E-state index contributed by atoms with van der Waals surface area (Å²) >= 11 is 4.24. The Morgan fingerprint density at radius 2 is 2.12 bits per heavy atom. The molecule has 0 aliphatic carbocycles. The fourth-order valence-corrected chi connectivity index (χ4v) is 0.768. The molecule has 0 aliphatic heterocycles. The molecule has 0 amide bonds. The van der Waals surface area contributed by atoms with E-state index in [1.807, 2.05) is 19.4 Å². The number of hydrogen-bond acceptors (Lipinski definition) is 3. The zero-order valence-corrected chi connectivity index (χ0v) is 7.18. The predicted molar refractivity (Wildman–Crippen MR) is 43.2 cm³/mol. The van der Waals surface area contributed by atoms with Gasteiger partial charge in [0.15, 0.2) is 0 Å². The highest BCUT2D eigenvalue weighted by Crippen LogP contribution is 2.39. The van der Waals surface area contributed by atoms with Crippen molar-refractivity contribution >= 4 is 20.9 Å². The van der Waals surface area contributed by atoms with E-state index in [2.05, 4.69) is 16.5 Å². The van der Waals surface area contributed by atoms with Crippen molar-refractivity contribution in [3.63, 3.8) is 0 Å². The first-order valence-electron chi connectivity index (χ1n) is 2.40. The van der Waals surface area contributed by atoms with Gasteiger partial charge in [0.05, 0.1) is 6.61 Å².